The number of amides is 1. The minimum atomic E-state index is -1.26. The Kier molecular flexibility index (Phi) is 5.96. The fraction of sp³-hybridized carbons (Fsp3) is 0.174. The highest BCUT2D eigenvalue weighted by atomic mass is 16.5. The standard InChI is InChI=1S/C23H23NO4/c1-15-8-10-17(11-9-15)16(2)22(26)23(27)24-20-14-19(12-13-21(20)25)28-18-6-4-3-5-7-18/h3-14,16,22,25-26H,1-2H3,(H,24,27). The SMILES string of the molecule is Cc1ccc(C(C)C(O)C(=O)Nc2cc(Oc3ccccc3)ccc2O)cc1. The first kappa shape index (κ1) is 19.5. The van der Waals surface area contributed by atoms with Gasteiger partial charge in [-0.15, -0.1) is 0 Å². The van der Waals surface area contributed by atoms with Crippen molar-refractivity contribution < 1.29 is 19.7 Å². The monoisotopic (exact) mass is 377 g/mol. The Morgan fingerprint density at radius 2 is 1.64 bits per heavy atom. The van der Waals surface area contributed by atoms with Gasteiger partial charge in [0, 0.05) is 12.0 Å². The van der Waals surface area contributed by atoms with Crippen molar-refractivity contribution in [2.24, 2.45) is 0 Å². The molecule has 3 aromatic carbocycles. The number of carbonyl (C=O) groups excluding carboxylic acids is 1. The molecule has 1 amide bonds. The molecule has 3 aromatic rings. The quantitative estimate of drug-likeness (QED) is 0.549. The summed E-state index contributed by atoms with van der Waals surface area (Å²) in [5, 5.41) is 23.1. The van der Waals surface area contributed by atoms with Gasteiger partial charge in [-0.2, -0.15) is 0 Å². The molecule has 2 unspecified atom stereocenters. The molecule has 5 nitrogen and oxygen atoms in total. The second kappa shape index (κ2) is 8.59. The maximum atomic E-state index is 12.5. The fourth-order valence-electron chi connectivity index (χ4n) is 2.79. The van der Waals surface area contributed by atoms with Gasteiger partial charge in [-0.05, 0) is 36.8 Å². The molecule has 5 heteroatoms. The number of carbonyl (C=O) groups is 1. The van der Waals surface area contributed by atoms with E-state index in [1.807, 2.05) is 49.4 Å². The topological polar surface area (TPSA) is 78.8 Å². The van der Waals surface area contributed by atoms with Crippen LogP contribution in [0.15, 0.2) is 72.8 Å². The molecule has 3 N–H and O–H groups in total. The van der Waals surface area contributed by atoms with Gasteiger partial charge in [0.2, 0.25) is 0 Å². The average molecular weight is 377 g/mol. The lowest BCUT2D eigenvalue weighted by atomic mass is 9.94. The number of aryl methyl sites for hydroxylation is 1. The molecular formula is C23H23NO4. The molecule has 0 aliphatic carbocycles. The molecule has 144 valence electrons. The number of phenols is 1. The van der Waals surface area contributed by atoms with Crippen LogP contribution in [-0.2, 0) is 4.79 Å². The zero-order valence-corrected chi connectivity index (χ0v) is 15.8. The Morgan fingerprint density at radius 1 is 0.964 bits per heavy atom. The molecule has 28 heavy (non-hydrogen) atoms. The van der Waals surface area contributed by atoms with Crippen LogP contribution in [0.3, 0.4) is 0 Å². The Labute approximate surface area is 164 Å². The number of aliphatic hydroxyl groups is 1. The van der Waals surface area contributed by atoms with Gasteiger partial charge in [-0.25, -0.2) is 0 Å². The van der Waals surface area contributed by atoms with Crippen molar-refractivity contribution in [2.75, 3.05) is 5.32 Å². The number of phenolic OH excluding ortho intramolecular Hbond substituents is 1. The van der Waals surface area contributed by atoms with E-state index in [9.17, 15) is 15.0 Å². The van der Waals surface area contributed by atoms with Crippen molar-refractivity contribution in [1.82, 2.24) is 0 Å². The van der Waals surface area contributed by atoms with Crippen LogP contribution in [0.4, 0.5) is 5.69 Å². The lowest BCUT2D eigenvalue weighted by molar-refractivity contribution is -0.124. The van der Waals surface area contributed by atoms with Crippen molar-refractivity contribution in [1.29, 1.82) is 0 Å². The molecule has 0 aliphatic heterocycles. The zero-order chi connectivity index (χ0) is 20.1. The van der Waals surface area contributed by atoms with Crippen molar-refractivity contribution in [3.63, 3.8) is 0 Å². The third-order valence-electron chi connectivity index (χ3n) is 4.55. The predicted octanol–water partition coefficient (Wildman–Crippen LogP) is 4.60. The lowest BCUT2D eigenvalue weighted by Gasteiger charge is -2.19. The van der Waals surface area contributed by atoms with Crippen LogP contribution in [0, 0.1) is 6.92 Å². The maximum absolute atomic E-state index is 12.5. The van der Waals surface area contributed by atoms with E-state index >= 15 is 0 Å². The average Bonchev–Trinajstić information content (AvgIpc) is 2.70. The van der Waals surface area contributed by atoms with E-state index in [1.54, 1.807) is 25.1 Å². The van der Waals surface area contributed by atoms with Gasteiger partial charge < -0.3 is 20.3 Å². The molecule has 0 fully saturated rings. The summed E-state index contributed by atoms with van der Waals surface area (Å²) in [6, 6.07) is 21.4. The summed E-state index contributed by atoms with van der Waals surface area (Å²) in [6.07, 6.45) is -1.26. The Bertz CT molecular complexity index is 939. The van der Waals surface area contributed by atoms with Gasteiger partial charge in [0.25, 0.3) is 5.91 Å². The lowest BCUT2D eigenvalue weighted by Crippen LogP contribution is -2.32. The third-order valence-corrected chi connectivity index (χ3v) is 4.55. The highest BCUT2D eigenvalue weighted by molar-refractivity contribution is 5.96. The number of ether oxygens (including phenoxy) is 1. The highest BCUT2D eigenvalue weighted by Gasteiger charge is 2.24. The number of nitrogens with one attached hydrogen (secondary N) is 1. The van der Waals surface area contributed by atoms with E-state index in [4.69, 9.17) is 4.74 Å². The summed E-state index contributed by atoms with van der Waals surface area (Å²) in [6.45, 7) is 3.76. The molecule has 0 saturated heterocycles. The molecule has 0 bridgehead atoms. The van der Waals surface area contributed by atoms with Gasteiger partial charge in [0.05, 0.1) is 5.69 Å². The summed E-state index contributed by atoms with van der Waals surface area (Å²) in [4.78, 5) is 12.5. The van der Waals surface area contributed by atoms with Gasteiger partial charge in [0.1, 0.15) is 23.4 Å². The molecular weight excluding hydrogens is 354 g/mol. The van der Waals surface area contributed by atoms with Gasteiger partial charge >= 0.3 is 0 Å². The number of anilines is 1. The molecule has 0 radical (unpaired) electrons. The van der Waals surface area contributed by atoms with E-state index in [1.165, 1.54) is 12.1 Å². The van der Waals surface area contributed by atoms with Crippen LogP contribution in [0.5, 0.6) is 17.2 Å². The van der Waals surface area contributed by atoms with Crippen LogP contribution >= 0.6 is 0 Å². The number of hydrogen-bond donors (Lipinski definition) is 3. The minimum absolute atomic E-state index is 0.107. The van der Waals surface area contributed by atoms with Crippen LogP contribution in [0.2, 0.25) is 0 Å². The van der Waals surface area contributed by atoms with Gasteiger partial charge in [-0.3, -0.25) is 4.79 Å². The molecule has 0 aromatic heterocycles. The first-order chi connectivity index (χ1) is 13.4. The zero-order valence-electron chi connectivity index (χ0n) is 15.8. The second-order valence-corrected chi connectivity index (χ2v) is 6.73. The van der Waals surface area contributed by atoms with Gasteiger partial charge in [-0.1, -0.05) is 55.0 Å². The normalized spacial score (nSPS) is 12.8. The summed E-state index contributed by atoms with van der Waals surface area (Å²) < 4.78 is 5.72. The van der Waals surface area contributed by atoms with Crippen LogP contribution in [0.1, 0.15) is 24.0 Å². The molecule has 0 heterocycles. The smallest absolute Gasteiger partial charge is 0.253 e. The fourth-order valence-corrected chi connectivity index (χ4v) is 2.79. The van der Waals surface area contributed by atoms with Crippen LogP contribution < -0.4 is 10.1 Å². The number of aliphatic hydroxyl groups excluding tert-OH is 1. The number of para-hydroxylation sites is 1. The Balaban J connectivity index is 1.72. The Hall–Kier alpha value is -3.31. The first-order valence-electron chi connectivity index (χ1n) is 9.05. The molecule has 0 saturated carbocycles. The summed E-state index contributed by atoms with van der Waals surface area (Å²) in [5.74, 6) is -0.00505. The number of hydrogen-bond acceptors (Lipinski definition) is 4. The van der Waals surface area contributed by atoms with Crippen molar-refractivity contribution in [2.45, 2.75) is 25.9 Å². The van der Waals surface area contributed by atoms with E-state index in [0.29, 0.717) is 11.5 Å². The molecule has 0 spiro atoms. The van der Waals surface area contributed by atoms with E-state index in [2.05, 4.69) is 5.32 Å². The predicted molar refractivity (Wildman–Crippen MR) is 109 cm³/mol. The number of aromatic hydroxyl groups is 1. The highest BCUT2D eigenvalue weighted by Crippen LogP contribution is 2.31. The summed E-state index contributed by atoms with van der Waals surface area (Å²) in [7, 11) is 0. The van der Waals surface area contributed by atoms with Crippen molar-refractivity contribution >= 4 is 11.6 Å². The van der Waals surface area contributed by atoms with Crippen molar-refractivity contribution in [3.8, 4) is 17.2 Å². The summed E-state index contributed by atoms with van der Waals surface area (Å²) in [5.41, 5.74) is 2.14. The maximum Gasteiger partial charge on any atom is 0.253 e. The summed E-state index contributed by atoms with van der Waals surface area (Å²) >= 11 is 0. The van der Waals surface area contributed by atoms with E-state index in [-0.39, 0.29) is 11.4 Å². The number of rotatable bonds is 6. The molecule has 3 rings (SSSR count). The molecule has 0 aliphatic rings. The second-order valence-electron chi connectivity index (χ2n) is 6.73. The van der Waals surface area contributed by atoms with Crippen LogP contribution in [0.25, 0.3) is 0 Å². The first-order valence-corrected chi connectivity index (χ1v) is 9.05. The van der Waals surface area contributed by atoms with Gasteiger partial charge in [0.15, 0.2) is 0 Å². The minimum Gasteiger partial charge on any atom is -0.506 e. The van der Waals surface area contributed by atoms with Crippen molar-refractivity contribution in [3.05, 3.63) is 83.9 Å². The Morgan fingerprint density at radius 3 is 2.32 bits per heavy atom. The number of benzene rings is 3. The van der Waals surface area contributed by atoms with E-state index < -0.39 is 17.9 Å². The van der Waals surface area contributed by atoms with E-state index in [0.717, 1.165) is 11.1 Å². The largest absolute Gasteiger partial charge is 0.506 e. The third kappa shape index (κ3) is 4.69. The van der Waals surface area contributed by atoms with Crippen LogP contribution in [-0.4, -0.2) is 22.2 Å². The molecule has 2 atom stereocenters.